The highest BCUT2D eigenvalue weighted by atomic mass is 16.1. The van der Waals surface area contributed by atoms with Gasteiger partial charge in [-0.1, -0.05) is 43.9 Å². The van der Waals surface area contributed by atoms with Crippen molar-refractivity contribution in [3.8, 4) is 0 Å². The Bertz CT molecular complexity index is 685. The van der Waals surface area contributed by atoms with E-state index in [4.69, 9.17) is 0 Å². The van der Waals surface area contributed by atoms with Gasteiger partial charge in [-0.05, 0) is 38.3 Å². The third-order valence-corrected chi connectivity index (χ3v) is 4.60. The first-order valence-electron chi connectivity index (χ1n) is 8.33. The SMILES string of the molecule is Cc1cc(C(=O)NC2CCCCCC2)c2cccc(C)c2n1. The Balaban J connectivity index is 1.91. The summed E-state index contributed by atoms with van der Waals surface area (Å²) in [5, 5.41) is 4.20. The monoisotopic (exact) mass is 296 g/mol. The lowest BCUT2D eigenvalue weighted by atomic mass is 10.0. The van der Waals surface area contributed by atoms with E-state index in [-0.39, 0.29) is 5.91 Å². The number of nitrogens with zero attached hydrogens (tertiary/aromatic N) is 1. The van der Waals surface area contributed by atoms with E-state index >= 15 is 0 Å². The van der Waals surface area contributed by atoms with E-state index in [1.807, 2.05) is 38.1 Å². The largest absolute Gasteiger partial charge is 0.349 e. The number of aryl methyl sites for hydroxylation is 2. The minimum atomic E-state index is 0.0491. The van der Waals surface area contributed by atoms with Crippen molar-refractivity contribution in [3.05, 3.63) is 41.1 Å². The Morgan fingerprint density at radius 1 is 1.14 bits per heavy atom. The summed E-state index contributed by atoms with van der Waals surface area (Å²) in [7, 11) is 0. The zero-order valence-corrected chi connectivity index (χ0v) is 13.5. The van der Waals surface area contributed by atoms with Gasteiger partial charge in [0.25, 0.3) is 5.91 Å². The molecule has 0 aliphatic heterocycles. The van der Waals surface area contributed by atoms with Crippen LogP contribution in [0.5, 0.6) is 0 Å². The fraction of sp³-hybridized carbons (Fsp3) is 0.474. The van der Waals surface area contributed by atoms with Crippen molar-refractivity contribution in [1.29, 1.82) is 0 Å². The first-order chi connectivity index (χ1) is 10.6. The number of aromatic nitrogens is 1. The minimum Gasteiger partial charge on any atom is -0.349 e. The maximum atomic E-state index is 12.8. The Morgan fingerprint density at radius 2 is 1.86 bits per heavy atom. The molecule has 0 radical (unpaired) electrons. The average molecular weight is 296 g/mol. The summed E-state index contributed by atoms with van der Waals surface area (Å²) in [4.78, 5) is 17.4. The summed E-state index contributed by atoms with van der Waals surface area (Å²) in [6, 6.07) is 8.27. The number of nitrogens with one attached hydrogen (secondary N) is 1. The molecule has 3 rings (SSSR count). The molecule has 0 atom stereocenters. The lowest BCUT2D eigenvalue weighted by Crippen LogP contribution is -2.34. The standard InChI is InChI=1S/C19H24N2O/c1-13-8-7-11-16-17(12-14(2)20-18(13)16)19(22)21-15-9-5-3-4-6-10-15/h7-8,11-12,15H,3-6,9-10H2,1-2H3,(H,21,22). The number of pyridine rings is 1. The van der Waals surface area contributed by atoms with Crippen LogP contribution in [0.2, 0.25) is 0 Å². The molecule has 2 aromatic rings. The third kappa shape index (κ3) is 3.13. The Kier molecular flexibility index (Phi) is 4.41. The summed E-state index contributed by atoms with van der Waals surface area (Å²) in [6.07, 6.45) is 7.24. The molecule has 3 heteroatoms. The van der Waals surface area contributed by atoms with Crippen LogP contribution < -0.4 is 5.32 Å². The molecule has 0 saturated heterocycles. The topological polar surface area (TPSA) is 42.0 Å². The summed E-state index contributed by atoms with van der Waals surface area (Å²) in [6.45, 7) is 4.00. The molecular weight excluding hydrogens is 272 g/mol. The van der Waals surface area contributed by atoms with Crippen molar-refractivity contribution in [2.45, 2.75) is 58.4 Å². The molecule has 1 aliphatic rings. The van der Waals surface area contributed by atoms with Crippen molar-refractivity contribution < 1.29 is 4.79 Å². The van der Waals surface area contributed by atoms with Gasteiger partial charge in [-0.2, -0.15) is 0 Å². The number of amides is 1. The molecule has 1 N–H and O–H groups in total. The van der Waals surface area contributed by atoms with E-state index in [1.54, 1.807) is 0 Å². The van der Waals surface area contributed by atoms with Gasteiger partial charge >= 0.3 is 0 Å². The number of rotatable bonds is 2. The highest BCUT2D eigenvalue weighted by Gasteiger charge is 2.18. The normalized spacial score (nSPS) is 16.5. The van der Waals surface area contributed by atoms with Gasteiger partial charge in [0, 0.05) is 17.1 Å². The Morgan fingerprint density at radius 3 is 2.59 bits per heavy atom. The molecule has 1 aromatic carbocycles. The number of hydrogen-bond donors (Lipinski definition) is 1. The van der Waals surface area contributed by atoms with Crippen molar-refractivity contribution in [3.63, 3.8) is 0 Å². The predicted octanol–water partition coefficient (Wildman–Crippen LogP) is 4.30. The molecule has 1 fully saturated rings. The number of carbonyl (C=O) groups is 1. The number of hydrogen-bond acceptors (Lipinski definition) is 2. The molecule has 1 aliphatic carbocycles. The van der Waals surface area contributed by atoms with Crippen molar-refractivity contribution in [1.82, 2.24) is 10.3 Å². The molecule has 0 bridgehead atoms. The van der Waals surface area contributed by atoms with Crippen molar-refractivity contribution >= 4 is 16.8 Å². The maximum absolute atomic E-state index is 12.8. The molecule has 3 nitrogen and oxygen atoms in total. The van der Waals surface area contributed by atoms with Crippen molar-refractivity contribution in [2.24, 2.45) is 0 Å². The summed E-state index contributed by atoms with van der Waals surface area (Å²) in [5.41, 5.74) is 3.71. The first-order valence-corrected chi connectivity index (χ1v) is 8.33. The minimum absolute atomic E-state index is 0.0491. The van der Waals surface area contributed by atoms with Gasteiger partial charge in [-0.25, -0.2) is 0 Å². The van der Waals surface area contributed by atoms with Crippen LogP contribution in [-0.4, -0.2) is 16.9 Å². The molecule has 1 aromatic heterocycles. The highest BCUT2D eigenvalue weighted by Crippen LogP contribution is 2.23. The van der Waals surface area contributed by atoms with Crippen molar-refractivity contribution in [2.75, 3.05) is 0 Å². The number of benzene rings is 1. The van der Waals surface area contributed by atoms with Crippen LogP contribution in [-0.2, 0) is 0 Å². The van der Waals surface area contributed by atoms with E-state index in [0.717, 1.165) is 40.6 Å². The van der Waals surface area contributed by atoms with Crippen LogP contribution in [0.3, 0.4) is 0 Å². The number of carbonyl (C=O) groups excluding carboxylic acids is 1. The zero-order valence-electron chi connectivity index (χ0n) is 13.5. The van der Waals surface area contributed by atoms with Gasteiger partial charge in [0.05, 0.1) is 11.1 Å². The predicted molar refractivity (Wildman–Crippen MR) is 90.2 cm³/mol. The van der Waals surface area contributed by atoms with Crippen LogP contribution in [0.25, 0.3) is 10.9 Å². The average Bonchev–Trinajstić information content (AvgIpc) is 2.76. The Hall–Kier alpha value is -1.90. The van der Waals surface area contributed by atoms with E-state index in [0.29, 0.717) is 6.04 Å². The van der Waals surface area contributed by atoms with E-state index in [2.05, 4.69) is 10.3 Å². The zero-order chi connectivity index (χ0) is 15.5. The highest BCUT2D eigenvalue weighted by molar-refractivity contribution is 6.06. The lowest BCUT2D eigenvalue weighted by molar-refractivity contribution is 0.0935. The van der Waals surface area contributed by atoms with E-state index in [9.17, 15) is 4.79 Å². The van der Waals surface area contributed by atoms with Gasteiger partial charge in [-0.3, -0.25) is 9.78 Å². The molecule has 0 spiro atoms. The molecule has 22 heavy (non-hydrogen) atoms. The molecule has 1 saturated carbocycles. The third-order valence-electron chi connectivity index (χ3n) is 4.60. The lowest BCUT2D eigenvalue weighted by Gasteiger charge is -2.17. The molecule has 1 heterocycles. The smallest absolute Gasteiger partial charge is 0.252 e. The first kappa shape index (κ1) is 15.0. The second-order valence-corrected chi connectivity index (χ2v) is 6.44. The van der Waals surface area contributed by atoms with Gasteiger partial charge < -0.3 is 5.32 Å². The van der Waals surface area contributed by atoms with E-state index < -0.39 is 0 Å². The Labute approximate surface area is 132 Å². The van der Waals surface area contributed by atoms with Crippen LogP contribution in [0.1, 0.15) is 60.1 Å². The summed E-state index contributed by atoms with van der Waals surface area (Å²) in [5.74, 6) is 0.0491. The quantitative estimate of drug-likeness (QED) is 0.839. The molecule has 116 valence electrons. The van der Waals surface area contributed by atoms with E-state index in [1.165, 1.54) is 25.7 Å². The number of fused-ring (bicyclic) bond motifs is 1. The fourth-order valence-electron chi connectivity index (χ4n) is 3.39. The molecule has 0 unspecified atom stereocenters. The van der Waals surface area contributed by atoms with Gasteiger partial charge in [0.1, 0.15) is 0 Å². The van der Waals surface area contributed by atoms with Crippen LogP contribution in [0.4, 0.5) is 0 Å². The summed E-state index contributed by atoms with van der Waals surface area (Å²) < 4.78 is 0. The van der Waals surface area contributed by atoms with Gasteiger partial charge in [0.2, 0.25) is 0 Å². The van der Waals surface area contributed by atoms with Gasteiger partial charge in [-0.15, -0.1) is 0 Å². The van der Waals surface area contributed by atoms with Crippen LogP contribution in [0.15, 0.2) is 24.3 Å². The summed E-state index contributed by atoms with van der Waals surface area (Å²) >= 11 is 0. The number of para-hydroxylation sites is 1. The second-order valence-electron chi connectivity index (χ2n) is 6.44. The van der Waals surface area contributed by atoms with Gasteiger partial charge in [0.15, 0.2) is 0 Å². The van der Waals surface area contributed by atoms with Crippen LogP contribution in [0, 0.1) is 13.8 Å². The second kappa shape index (κ2) is 6.47. The maximum Gasteiger partial charge on any atom is 0.252 e. The molecular formula is C19H24N2O. The van der Waals surface area contributed by atoms with Crippen LogP contribution >= 0.6 is 0 Å². The fourth-order valence-corrected chi connectivity index (χ4v) is 3.39. The molecule has 1 amide bonds.